The number of nitrogens with zero attached hydrogens (tertiary/aromatic N) is 4. The minimum Gasteiger partial charge on any atom is -0.489 e. The van der Waals surface area contributed by atoms with Crippen molar-refractivity contribution in [3.05, 3.63) is 86.8 Å². The van der Waals surface area contributed by atoms with E-state index < -0.39 is 4.92 Å². The standard InChI is InChI=1S/C20H18ClN5O4/c1-14-22-13-19(26(28)29)25(14)10-11-30-18-8-2-15(3-9-18)12-23-24-20(27)16-4-6-17(21)7-5-16/h2-9,12-13H,10-11H2,1H3,(H,24,27)/b23-12+. The van der Waals surface area contributed by atoms with Crippen LogP contribution in [0.1, 0.15) is 21.7 Å². The molecule has 0 saturated carbocycles. The van der Waals surface area contributed by atoms with Gasteiger partial charge in [0, 0.05) is 17.5 Å². The number of halogens is 1. The number of rotatable bonds is 8. The van der Waals surface area contributed by atoms with Crippen molar-refractivity contribution < 1.29 is 14.5 Å². The summed E-state index contributed by atoms with van der Waals surface area (Å²) >= 11 is 5.79. The molecule has 0 unspecified atom stereocenters. The van der Waals surface area contributed by atoms with Gasteiger partial charge in [-0.25, -0.2) is 15.0 Å². The Balaban J connectivity index is 1.49. The average molecular weight is 428 g/mol. The van der Waals surface area contributed by atoms with Gasteiger partial charge in [-0.1, -0.05) is 11.6 Å². The highest BCUT2D eigenvalue weighted by Crippen LogP contribution is 2.15. The van der Waals surface area contributed by atoms with Crippen LogP contribution in [0.3, 0.4) is 0 Å². The number of hydrazone groups is 1. The minimum atomic E-state index is -0.472. The van der Waals surface area contributed by atoms with Crippen molar-refractivity contribution in [2.45, 2.75) is 13.5 Å². The van der Waals surface area contributed by atoms with Gasteiger partial charge in [0.1, 0.15) is 25.1 Å². The van der Waals surface area contributed by atoms with E-state index >= 15 is 0 Å². The van der Waals surface area contributed by atoms with E-state index in [2.05, 4.69) is 15.5 Å². The van der Waals surface area contributed by atoms with E-state index in [1.807, 2.05) is 0 Å². The quantitative estimate of drug-likeness (QED) is 0.335. The smallest absolute Gasteiger partial charge is 0.342 e. The molecule has 1 amide bonds. The third-order valence-corrected chi connectivity index (χ3v) is 4.42. The first-order chi connectivity index (χ1) is 14.4. The molecule has 0 aliphatic rings. The van der Waals surface area contributed by atoms with E-state index in [4.69, 9.17) is 16.3 Å². The van der Waals surface area contributed by atoms with Crippen molar-refractivity contribution >= 4 is 29.5 Å². The largest absolute Gasteiger partial charge is 0.489 e. The van der Waals surface area contributed by atoms with Crippen LogP contribution in [0.2, 0.25) is 5.02 Å². The molecule has 10 heteroatoms. The number of benzene rings is 2. The molecule has 0 aliphatic heterocycles. The van der Waals surface area contributed by atoms with Gasteiger partial charge in [-0.2, -0.15) is 5.10 Å². The van der Waals surface area contributed by atoms with Gasteiger partial charge < -0.3 is 14.9 Å². The molecular weight excluding hydrogens is 410 g/mol. The number of hydrogen-bond acceptors (Lipinski definition) is 6. The lowest BCUT2D eigenvalue weighted by Crippen LogP contribution is -2.17. The molecule has 1 N–H and O–H groups in total. The maximum atomic E-state index is 12.0. The molecule has 0 radical (unpaired) electrons. The number of aryl methyl sites for hydroxylation is 1. The molecule has 0 aliphatic carbocycles. The molecule has 0 bridgehead atoms. The summed E-state index contributed by atoms with van der Waals surface area (Å²) in [4.78, 5) is 26.4. The van der Waals surface area contributed by atoms with Crippen LogP contribution in [-0.2, 0) is 6.54 Å². The Morgan fingerprint density at radius 3 is 2.63 bits per heavy atom. The van der Waals surface area contributed by atoms with Crippen molar-refractivity contribution in [2.75, 3.05) is 6.61 Å². The van der Waals surface area contributed by atoms with Crippen molar-refractivity contribution in [1.29, 1.82) is 0 Å². The van der Waals surface area contributed by atoms with Crippen molar-refractivity contribution in [1.82, 2.24) is 15.0 Å². The zero-order chi connectivity index (χ0) is 21.5. The minimum absolute atomic E-state index is 0.0664. The van der Waals surface area contributed by atoms with Crippen LogP contribution in [0.15, 0.2) is 59.8 Å². The first-order valence-electron chi connectivity index (χ1n) is 8.92. The topological polar surface area (TPSA) is 112 Å². The molecule has 0 fully saturated rings. The van der Waals surface area contributed by atoms with Crippen LogP contribution in [0, 0.1) is 17.0 Å². The fraction of sp³-hybridized carbons (Fsp3) is 0.150. The Bertz CT molecular complexity index is 1060. The first-order valence-corrected chi connectivity index (χ1v) is 9.30. The fourth-order valence-electron chi connectivity index (χ4n) is 2.61. The molecule has 0 saturated heterocycles. The van der Waals surface area contributed by atoms with E-state index in [-0.39, 0.29) is 18.3 Å². The lowest BCUT2D eigenvalue weighted by Gasteiger charge is -2.06. The number of aromatic nitrogens is 2. The molecule has 1 heterocycles. The SMILES string of the molecule is Cc1ncc([N+](=O)[O-])n1CCOc1ccc(/C=N/NC(=O)c2ccc(Cl)cc2)cc1. The Kier molecular flexibility index (Phi) is 6.76. The van der Waals surface area contributed by atoms with Gasteiger partial charge in [0.15, 0.2) is 5.82 Å². The number of nitrogens with one attached hydrogen (secondary N) is 1. The summed E-state index contributed by atoms with van der Waals surface area (Å²) in [5.74, 6) is 0.755. The van der Waals surface area contributed by atoms with Gasteiger partial charge in [0.2, 0.25) is 0 Å². The predicted octanol–water partition coefficient (Wildman–Crippen LogP) is 3.60. The van der Waals surface area contributed by atoms with Crippen LogP contribution in [0.4, 0.5) is 5.82 Å². The van der Waals surface area contributed by atoms with Gasteiger partial charge in [0.05, 0.1) is 6.21 Å². The maximum absolute atomic E-state index is 12.0. The second-order valence-electron chi connectivity index (χ2n) is 6.20. The van der Waals surface area contributed by atoms with Crippen molar-refractivity contribution in [3.8, 4) is 5.75 Å². The highest BCUT2D eigenvalue weighted by atomic mass is 35.5. The lowest BCUT2D eigenvalue weighted by molar-refractivity contribution is -0.392. The molecule has 3 aromatic rings. The molecule has 1 aromatic heterocycles. The second-order valence-corrected chi connectivity index (χ2v) is 6.63. The number of nitro groups is 1. The second kappa shape index (κ2) is 9.66. The number of amides is 1. The Hall–Kier alpha value is -3.72. The third-order valence-electron chi connectivity index (χ3n) is 4.17. The highest BCUT2D eigenvalue weighted by molar-refractivity contribution is 6.30. The zero-order valence-corrected chi connectivity index (χ0v) is 16.7. The molecule has 3 rings (SSSR count). The number of imidazole rings is 1. The van der Waals surface area contributed by atoms with Crippen LogP contribution in [0.5, 0.6) is 5.75 Å². The number of hydrogen-bond donors (Lipinski definition) is 1. The van der Waals surface area contributed by atoms with Crippen molar-refractivity contribution in [3.63, 3.8) is 0 Å². The lowest BCUT2D eigenvalue weighted by atomic mass is 10.2. The normalized spacial score (nSPS) is 10.9. The summed E-state index contributed by atoms with van der Waals surface area (Å²) in [6.07, 6.45) is 2.74. The van der Waals surface area contributed by atoms with Crippen LogP contribution < -0.4 is 10.2 Å². The molecular formula is C20H18ClN5O4. The zero-order valence-electron chi connectivity index (χ0n) is 16.0. The molecule has 0 atom stereocenters. The summed E-state index contributed by atoms with van der Waals surface area (Å²) in [5.41, 5.74) is 3.66. The highest BCUT2D eigenvalue weighted by Gasteiger charge is 2.16. The van der Waals surface area contributed by atoms with Crippen LogP contribution >= 0.6 is 11.6 Å². The molecule has 0 spiro atoms. The average Bonchev–Trinajstić information content (AvgIpc) is 3.10. The van der Waals surface area contributed by atoms with Gasteiger partial charge in [0.25, 0.3) is 5.91 Å². The maximum Gasteiger partial charge on any atom is 0.342 e. The molecule has 9 nitrogen and oxygen atoms in total. The summed E-state index contributed by atoms with van der Waals surface area (Å²) in [6, 6.07) is 13.5. The third kappa shape index (κ3) is 5.42. The van der Waals surface area contributed by atoms with Crippen LogP contribution in [-0.4, -0.2) is 33.2 Å². The molecule has 30 heavy (non-hydrogen) atoms. The number of ether oxygens (including phenoxy) is 1. The summed E-state index contributed by atoms with van der Waals surface area (Å²) in [6.45, 7) is 2.26. The van der Waals surface area contributed by atoms with Gasteiger partial charge in [-0.3, -0.25) is 4.79 Å². The van der Waals surface area contributed by atoms with Gasteiger partial charge in [-0.15, -0.1) is 0 Å². The summed E-state index contributed by atoms with van der Waals surface area (Å²) in [7, 11) is 0. The van der Waals surface area contributed by atoms with Crippen molar-refractivity contribution in [2.24, 2.45) is 5.10 Å². The monoisotopic (exact) mass is 427 g/mol. The Labute approximate surface area is 177 Å². The Morgan fingerprint density at radius 2 is 1.97 bits per heavy atom. The summed E-state index contributed by atoms with van der Waals surface area (Å²) in [5, 5.41) is 15.5. The van der Waals surface area contributed by atoms with Crippen LogP contribution in [0.25, 0.3) is 0 Å². The first kappa shape index (κ1) is 21.0. The van der Waals surface area contributed by atoms with Gasteiger partial charge in [-0.05, 0) is 59.0 Å². The number of carbonyl (C=O) groups excluding carboxylic acids is 1. The molecule has 2 aromatic carbocycles. The van der Waals surface area contributed by atoms with E-state index in [0.29, 0.717) is 28.7 Å². The van der Waals surface area contributed by atoms with E-state index in [9.17, 15) is 14.9 Å². The van der Waals surface area contributed by atoms with E-state index in [1.54, 1.807) is 55.5 Å². The number of carbonyl (C=O) groups is 1. The van der Waals surface area contributed by atoms with Gasteiger partial charge >= 0.3 is 5.82 Å². The fourth-order valence-corrected chi connectivity index (χ4v) is 2.74. The Morgan fingerprint density at radius 1 is 1.27 bits per heavy atom. The van der Waals surface area contributed by atoms with E-state index in [1.165, 1.54) is 17.0 Å². The molecule has 154 valence electrons. The predicted molar refractivity (Wildman–Crippen MR) is 112 cm³/mol. The van der Waals surface area contributed by atoms with E-state index in [0.717, 1.165) is 5.56 Å². The summed E-state index contributed by atoms with van der Waals surface area (Å²) < 4.78 is 7.13.